The van der Waals surface area contributed by atoms with E-state index in [2.05, 4.69) is 27.6 Å². The Morgan fingerprint density at radius 1 is 1.44 bits per heavy atom. The smallest absolute Gasteiger partial charge is 0.0494 e. The number of hydrogen-bond acceptors (Lipinski definition) is 1. The third kappa shape index (κ3) is 1.41. The van der Waals surface area contributed by atoms with E-state index in [0.717, 1.165) is 3.57 Å². The first kappa shape index (κ1) is 6.99. The van der Waals surface area contributed by atoms with Crippen molar-refractivity contribution in [1.29, 1.82) is 0 Å². The third-order valence-corrected chi connectivity index (χ3v) is 1.91. The minimum absolute atomic E-state index is 0.405. The van der Waals surface area contributed by atoms with Crippen LogP contribution in [0, 0.1) is 17.4 Å². The van der Waals surface area contributed by atoms with Gasteiger partial charge in [0.15, 0.2) is 0 Å². The van der Waals surface area contributed by atoms with Crippen LogP contribution in [-0.2, 0) is 0 Å². The molecule has 1 heterocycles. The Morgan fingerprint density at radius 3 is 2.56 bits per heavy atom. The first-order valence-electron chi connectivity index (χ1n) is 2.37. The van der Waals surface area contributed by atoms with Crippen LogP contribution in [0.3, 0.4) is 0 Å². The summed E-state index contributed by atoms with van der Waals surface area (Å²) in [6.07, 6.45) is 1.63. The second-order valence-electron chi connectivity index (χ2n) is 1.59. The molecule has 0 saturated carbocycles. The van der Waals surface area contributed by atoms with Gasteiger partial charge in [-0.3, -0.25) is 4.98 Å². The fourth-order valence-corrected chi connectivity index (χ4v) is 0.902. The summed E-state index contributed by atoms with van der Waals surface area (Å²) in [4.78, 5) is 3.79. The Morgan fingerprint density at radius 2 is 2.11 bits per heavy atom. The van der Waals surface area contributed by atoms with E-state index >= 15 is 0 Å². The molecule has 0 aliphatic carbocycles. The minimum atomic E-state index is 0.405. The molecule has 0 N–H and O–H groups in total. The Kier molecular flexibility index (Phi) is 2.05. The third-order valence-electron chi connectivity index (χ3n) is 0.968. The highest BCUT2D eigenvalue weighted by atomic mass is 127. The molecule has 1 nitrogen and oxygen atoms in total. The zero-order valence-corrected chi connectivity index (χ0v) is 6.79. The van der Waals surface area contributed by atoms with Gasteiger partial charge in [-0.05, 0) is 34.2 Å². The van der Waals surface area contributed by atoms with E-state index in [-0.39, 0.29) is 0 Å². The number of rotatable bonds is 0. The van der Waals surface area contributed by atoms with Crippen molar-refractivity contribution >= 4 is 22.6 Å². The fraction of sp³-hybridized carbons (Fsp3) is 0. The second-order valence-corrected chi connectivity index (χ2v) is 2.75. The van der Waals surface area contributed by atoms with E-state index in [1.807, 2.05) is 6.07 Å². The molecule has 0 aromatic carbocycles. The number of nitrogens with zero attached hydrogens (tertiary/aromatic N) is 1. The van der Waals surface area contributed by atoms with E-state index in [1.165, 1.54) is 0 Å². The summed E-state index contributed by atoms with van der Waals surface area (Å²) in [5.74, 6) is 0. The van der Waals surface area contributed by atoms with E-state index in [0.29, 0.717) is 11.3 Å². The zero-order chi connectivity index (χ0) is 6.85. The van der Waals surface area contributed by atoms with Crippen molar-refractivity contribution in [3.63, 3.8) is 0 Å². The average molecular weight is 229 g/mol. The number of halogens is 1. The summed E-state index contributed by atoms with van der Waals surface area (Å²) in [6, 6.07) is 1.81. The van der Waals surface area contributed by atoms with Crippen molar-refractivity contribution < 1.29 is 0 Å². The highest BCUT2D eigenvalue weighted by Gasteiger charge is 1.95. The second kappa shape index (κ2) is 2.64. The Bertz CT molecular complexity index is 200. The molecule has 0 unspecified atom stereocenters. The quantitative estimate of drug-likeness (QED) is 0.618. The maximum atomic E-state index is 5.49. The Balaban J connectivity index is 3.25. The lowest BCUT2D eigenvalue weighted by Gasteiger charge is -1.97. The summed E-state index contributed by atoms with van der Waals surface area (Å²) < 4.78 is 0.945. The molecule has 1 rings (SSSR count). The Labute approximate surface area is 68.6 Å². The lowest BCUT2D eigenvalue weighted by atomic mass is 10.2. The molecule has 9 heavy (non-hydrogen) atoms. The lowest BCUT2D eigenvalue weighted by molar-refractivity contribution is 1.23. The van der Waals surface area contributed by atoms with Gasteiger partial charge in [-0.15, -0.1) is 0 Å². The summed E-state index contributed by atoms with van der Waals surface area (Å²) >= 11 is 2.10. The van der Waals surface area contributed by atoms with Crippen LogP contribution in [-0.4, -0.2) is 4.98 Å². The maximum Gasteiger partial charge on any atom is 0.0494 e. The topological polar surface area (TPSA) is 12.9 Å². The monoisotopic (exact) mass is 229 g/mol. The molecule has 0 bridgehead atoms. The molecule has 0 spiro atoms. The first-order chi connectivity index (χ1) is 4.22. The molecule has 4 radical (unpaired) electrons. The molecule has 0 fully saturated rings. The molecule has 44 valence electrons. The van der Waals surface area contributed by atoms with E-state index < -0.39 is 0 Å². The SMILES string of the molecule is [CH]c1nccc(I)c1[CH]. The molecule has 0 aliphatic rings. The highest BCUT2D eigenvalue weighted by molar-refractivity contribution is 14.1. The predicted octanol–water partition coefficient (Wildman–Crippen LogP) is 1.80. The molecule has 0 saturated heterocycles. The van der Waals surface area contributed by atoms with Crippen LogP contribution < -0.4 is 0 Å². The average Bonchev–Trinajstić information content (AvgIpc) is 1.83. The van der Waals surface area contributed by atoms with Crippen LogP contribution in [0.15, 0.2) is 12.3 Å². The number of pyridine rings is 1. The molecular weight excluding hydrogens is 225 g/mol. The zero-order valence-electron chi connectivity index (χ0n) is 4.63. The van der Waals surface area contributed by atoms with Crippen LogP contribution in [0.1, 0.15) is 11.3 Å². The summed E-state index contributed by atoms with van der Waals surface area (Å²) in [5, 5.41) is 0. The van der Waals surface area contributed by atoms with Gasteiger partial charge >= 0.3 is 0 Å². The highest BCUT2D eigenvalue weighted by Crippen LogP contribution is 2.11. The lowest BCUT2D eigenvalue weighted by Crippen LogP contribution is -1.87. The van der Waals surface area contributed by atoms with Crippen molar-refractivity contribution in [1.82, 2.24) is 4.98 Å². The summed E-state index contributed by atoms with van der Waals surface area (Å²) in [5.41, 5.74) is 0.972. The van der Waals surface area contributed by atoms with Gasteiger partial charge in [0, 0.05) is 29.3 Å². The van der Waals surface area contributed by atoms with Crippen molar-refractivity contribution in [2.45, 2.75) is 0 Å². The van der Waals surface area contributed by atoms with E-state index in [1.54, 1.807) is 6.20 Å². The molecule has 2 heteroatoms. The summed E-state index contributed by atoms with van der Waals surface area (Å²) in [6.45, 7) is 10.9. The van der Waals surface area contributed by atoms with Crippen molar-refractivity contribution in [2.75, 3.05) is 0 Å². The molecule has 1 aromatic rings. The number of hydrogen-bond donors (Lipinski definition) is 0. The van der Waals surface area contributed by atoms with Gasteiger partial charge in [0.25, 0.3) is 0 Å². The molecule has 0 atom stereocenters. The van der Waals surface area contributed by atoms with Crippen LogP contribution in [0.4, 0.5) is 0 Å². The largest absolute Gasteiger partial charge is 0.261 e. The van der Waals surface area contributed by atoms with Crippen LogP contribution in [0.25, 0.3) is 0 Å². The van der Waals surface area contributed by atoms with Crippen molar-refractivity contribution in [2.24, 2.45) is 0 Å². The van der Waals surface area contributed by atoms with E-state index in [9.17, 15) is 0 Å². The first-order valence-corrected chi connectivity index (χ1v) is 3.45. The van der Waals surface area contributed by atoms with Gasteiger partial charge in [0.05, 0.1) is 0 Å². The Hall–Kier alpha value is -0.120. The molecule has 0 amide bonds. The summed E-state index contributed by atoms with van der Waals surface area (Å²) in [7, 11) is 0. The van der Waals surface area contributed by atoms with Gasteiger partial charge in [0.1, 0.15) is 0 Å². The van der Waals surface area contributed by atoms with Crippen molar-refractivity contribution in [3.05, 3.63) is 40.9 Å². The van der Waals surface area contributed by atoms with Gasteiger partial charge in [-0.25, -0.2) is 0 Å². The predicted molar refractivity (Wildman–Crippen MR) is 43.8 cm³/mol. The van der Waals surface area contributed by atoms with Gasteiger partial charge in [0.2, 0.25) is 0 Å². The van der Waals surface area contributed by atoms with Crippen molar-refractivity contribution in [3.8, 4) is 0 Å². The van der Waals surface area contributed by atoms with Crippen LogP contribution in [0.2, 0.25) is 0 Å². The molecule has 1 aromatic heterocycles. The minimum Gasteiger partial charge on any atom is -0.261 e. The van der Waals surface area contributed by atoms with Gasteiger partial charge in [-0.1, -0.05) is 0 Å². The van der Waals surface area contributed by atoms with Crippen LogP contribution >= 0.6 is 22.6 Å². The fourth-order valence-electron chi connectivity index (χ4n) is 0.465. The number of aromatic nitrogens is 1. The maximum absolute atomic E-state index is 5.49. The molecule has 0 aliphatic heterocycles. The van der Waals surface area contributed by atoms with Crippen LogP contribution in [0.5, 0.6) is 0 Å². The normalized spacial score (nSPS) is 9.67. The standard InChI is InChI=1S/C7H4IN/c1-5-6(2)9-4-3-7(5)8/h1-4H. The van der Waals surface area contributed by atoms with E-state index in [4.69, 9.17) is 13.8 Å². The molecular formula is C7H4IN. The van der Waals surface area contributed by atoms with Gasteiger partial charge in [-0.2, -0.15) is 0 Å². The van der Waals surface area contributed by atoms with Gasteiger partial charge < -0.3 is 0 Å².